The van der Waals surface area contributed by atoms with Crippen molar-refractivity contribution < 1.29 is 9.59 Å². The molecule has 0 atom stereocenters. The first-order valence-electron chi connectivity index (χ1n) is 8.13. The average Bonchev–Trinajstić information content (AvgIpc) is 3.17. The molecular formula is C18H17ClN6O2. The Labute approximate surface area is 160 Å². The van der Waals surface area contributed by atoms with Crippen LogP contribution in [0.15, 0.2) is 42.7 Å². The Balaban J connectivity index is 1.71. The standard InChI is InChI=1S/C18H17ClN6O2/c1-11-4-3-5-12(2)17(11)22-16(26)9-20-18(27)14-8-13(19)6-7-15(14)25-10-21-23-24-25/h3-8,10H,9H2,1-2H3,(H,20,27)(H,22,26). The minimum Gasteiger partial charge on any atom is -0.343 e. The molecule has 0 fully saturated rings. The number of aryl methyl sites for hydroxylation is 2. The van der Waals surface area contributed by atoms with Gasteiger partial charge in [0.15, 0.2) is 0 Å². The molecule has 138 valence electrons. The van der Waals surface area contributed by atoms with Crippen molar-refractivity contribution >= 4 is 29.1 Å². The lowest BCUT2D eigenvalue weighted by molar-refractivity contribution is -0.115. The summed E-state index contributed by atoms with van der Waals surface area (Å²) in [4.78, 5) is 24.8. The molecule has 8 nitrogen and oxygen atoms in total. The lowest BCUT2D eigenvalue weighted by Crippen LogP contribution is -2.33. The van der Waals surface area contributed by atoms with Crippen LogP contribution >= 0.6 is 11.6 Å². The summed E-state index contributed by atoms with van der Waals surface area (Å²) in [5, 5.41) is 16.7. The number of halogens is 1. The number of carbonyl (C=O) groups excluding carboxylic acids is 2. The molecule has 2 amide bonds. The van der Waals surface area contributed by atoms with Gasteiger partial charge in [-0.15, -0.1) is 5.10 Å². The van der Waals surface area contributed by atoms with Crippen LogP contribution in [0.2, 0.25) is 5.02 Å². The number of nitrogens with zero attached hydrogens (tertiary/aromatic N) is 4. The van der Waals surface area contributed by atoms with Gasteiger partial charge in [-0.05, 0) is 53.6 Å². The van der Waals surface area contributed by atoms with Gasteiger partial charge in [0.05, 0.1) is 17.8 Å². The van der Waals surface area contributed by atoms with Crippen molar-refractivity contribution in [3.05, 3.63) is 64.4 Å². The second-order valence-corrected chi connectivity index (χ2v) is 6.35. The Morgan fingerprint density at radius 1 is 1.15 bits per heavy atom. The predicted molar refractivity (Wildman–Crippen MR) is 101 cm³/mol. The average molecular weight is 385 g/mol. The summed E-state index contributed by atoms with van der Waals surface area (Å²) in [6.07, 6.45) is 1.37. The smallest absolute Gasteiger partial charge is 0.253 e. The number of anilines is 1. The summed E-state index contributed by atoms with van der Waals surface area (Å²) in [7, 11) is 0. The summed E-state index contributed by atoms with van der Waals surface area (Å²) >= 11 is 6.01. The first kappa shape index (κ1) is 18.5. The molecule has 3 aromatic rings. The number of para-hydroxylation sites is 1. The van der Waals surface area contributed by atoms with Gasteiger partial charge in [-0.25, -0.2) is 0 Å². The van der Waals surface area contributed by atoms with Gasteiger partial charge in [0.1, 0.15) is 6.33 Å². The number of carbonyl (C=O) groups is 2. The van der Waals surface area contributed by atoms with E-state index in [1.807, 2.05) is 32.0 Å². The highest BCUT2D eigenvalue weighted by molar-refractivity contribution is 6.31. The van der Waals surface area contributed by atoms with Crippen LogP contribution in [-0.2, 0) is 4.79 Å². The predicted octanol–water partition coefficient (Wildman–Crippen LogP) is 2.30. The van der Waals surface area contributed by atoms with Gasteiger partial charge >= 0.3 is 0 Å². The number of rotatable bonds is 5. The maximum atomic E-state index is 12.6. The van der Waals surface area contributed by atoms with Crippen LogP contribution in [0.5, 0.6) is 0 Å². The third-order valence-corrected chi connectivity index (χ3v) is 4.19. The zero-order chi connectivity index (χ0) is 19.4. The molecule has 0 radical (unpaired) electrons. The third-order valence-electron chi connectivity index (χ3n) is 3.95. The molecular weight excluding hydrogens is 368 g/mol. The van der Waals surface area contributed by atoms with Gasteiger partial charge in [0.25, 0.3) is 5.91 Å². The van der Waals surface area contributed by atoms with Crippen molar-refractivity contribution in [1.29, 1.82) is 0 Å². The number of hydrogen-bond acceptors (Lipinski definition) is 5. The van der Waals surface area contributed by atoms with Crippen molar-refractivity contribution in [2.75, 3.05) is 11.9 Å². The second kappa shape index (κ2) is 7.96. The molecule has 2 N–H and O–H groups in total. The normalized spacial score (nSPS) is 10.5. The lowest BCUT2D eigenvalue weighted by atomic mass is 10.1. The van der Waals surface area contributed by atoms with Gasteiger partial charge < -0.3 is 10.6 Å². The fraction of sp³-hybridized carbons (Fsp3) is 0.167. The first-order valence-corrected chi connectivity index (χ1v) is 8.50. The third kappa shape index (κ3) is 4.29. The Hall–Kier alpha value is -3.26. The van der Waals surface area contributed by atoms with Crippen LogP contribution in [0.1, 0.15) is 21.5 Å². The van der Waals surface area contributed by atoms with Gasteiger partial charge in [-0.1, -0.05) is 29.8 Å². The van der Waals surface area contributed by atoms with Crippen molar-refractivity contribution in [3.8, 4) is 5.69 Å². The number of benzene rings is 2. The molecule has 0 saturated carbocycles. The molecule has 9 heteroatoms. The summed E-state index contributed by atoms with van der Waals surface area (Å²) in [6, 6.07) is 10.5. The van der Waals surface area contributed by atoms with E-state index in [-0.39, 0.29) is 18.0 Å². The molecule has 0 spiro atoms. The maximum Gasteiger partial charge on any atom is 0.253 e. The van der Waals surface area contributed by atoms with Crippen LogP contribution in [-0.4, -0.2) is 38.6 Å². The van der Waals surface area contributed by atoms with Gasteiger partial charge in [-0.3, -0.25) is 9.59 Å². The lowest BCUT2D eigenvalue weighted by Gasteiger charge is -2.13. The number of amides is 2. The van der Waals surface area contributed by atoms with Gasteiger partial charge in [-0.2, -0.15) is 4.68 Å². The molecule has 1 heterocycles. The summed E-state index contributed by atoms with van der Waals surface area (Å²) in [5.41, 5.74) is 3.36. The summed E-state index contributed by atoms with van der Waals surface area (Å²) in [6.45, 7) is 3.63. The van der Waals surface area contributed by atoms with Crippen LogP contribution in [0.4, 0.5) is 5.69 Å². The summed E-state index contributed by atoms with van der Waals surface area (Å²) in [5.74, 6) is -0.786. The highest BCUT2D eigenvalue weighted by Crippen LogP contribution is 2.20. The molecule has 0 aliphatic heterocycles. The van der Waals surface area contributed by atoms with E-state index in [0.717, 1.165) is 16.8 Å². The molecule has 2 aromatic carbocycles. The van der Waals surface area contributed by atoms with E-state index in [4.69, 9.17) is 11.6 Å². The second-order valence-electron chi connectivity index (χ2n) is 5.91. The topological polar surface area (TPSA) is 102 Å². The zero-order valence-corrected chi connectivity index (χ0v) is 15.5. The molecule has 27 heavy (non-hydrogen) atoms. The monoisotopic (exact) mass is 384 g/mol. The number of nitrogens with one attached hydrogen (secondary N) is 2. The fourth-order valence-electron chi connectivity index (χ4n) is 2.61. The molecule has 0 aliphatic carbocycles. The van der Waals surface area contributed by atoms with Crippen molar-refractivity contribution in [1.82, 2.24) is 25.5 Å². The van der Waals surface area contributed by atoms with Crippen LogP contribution in [0.3, 0.4) is 0 Å². The van der Waals surface area contributed by atoms with Crippen molar-refractivity contribution in [2.45, 2.75) is 13.8 Å². The van der Waals surface area contributed by atoms with Gasteiger partial charge in [0.2, 0.25) is 5.91 Å². The van der Waals surface area contributed by atoms with E-state index in [2.05, 4.69) is 26.2 Å². The van der Waals surface area contributed by atoms with Crippen LogP contribution < -0.4 is 10.6 Å². The molecule has 3 rings (SSSR count). The van der Waals surface area contributed by atoms with Crippen LogP contribution in [0.25, 0.3) is 5.69 Å². The number of hydrogen-bond donors (Lipinski definition) is 2. The minimum atomic E-state index is -0.459. The van der Waals surface area contributed by atoms with E-state index in [9.17, 15) is 9.59 Å². The molecule has 1 aromatic heterocycles. The fourth-order valence-corrected chi connectivity index (χ4v) is 2.78. The summed E-state index contributed by atoms with van der Waals surface area (Å²) < 4.78 is 1.35. The largest absolute Gasteiger partial charge is 0.343 e. The van der Waals surface area contributed by atoms with E-state index >= 15 is 0 Å². The Morgan fingerprint density at radius 3 is 2.56 bits per heavy atom. The Bertz CT molecular complexity index is 967. The van der Waals surface area contributed by atoms with Crippen molar-refractivity contribution in [2.24, 2.45) is 0 Å². The molecule has 0 saturated heterocycles. The van der Waals surface area contributed by atoms with Crippen LogP contribution in [0, 0.1) is 13.8 Å². The van der Waals surface area contributed by atoms with E-state index in [1.54, 1.807) is 12.1 Å². The zero-order valence-electron chi connectivity index (χ0n) is 14.7. The van der Waals surface area contributed by atoms with Gasteiger partial charge in [0, 0.05) is 10.7 Å². The molecule has 0 aliphatic rings. The highest BCUT2D eigenvalue weighted by Gasteiger charge is 2.16. The molecule has 0 bridgehead atoms. The number of tetrazole rings is 1. The SMILES string of the molecule is Cc1cccc(C)c1NC(=O)CNC(=O)c1cc(Cl)ccc1-n1cnnn1. The first-order chi connectivity index (χ1) is 13.0. The Morgan fingerprint density at radius 2 is 1.89 bits per heavy atom. The number of aromatic nitrogens is 4. The van der Waals surface area contributed by atoms with Crippen molar-refractivity contribution in [3.63, 3.8) is 0 Å². The quantitative estimate of drug-likeness (QED) is 0.702. The molecule has 0 unspecified atom stereocenters. The highest BCUT2D eigenvalue weighted by atomic mass is 35.5. The maximum absolute atomic E-state index is 12.6. The van der Waals surface area contributed by atoms with E-state index < -0.39 is 5.91 Å². The Kier molecular flexibility index (Phi) is 5.46. The van der Waals surface area contributed by atoms with E-state index in [1.165, 1.54) is 17.1 Å². The van der Waals surface area contributed by atoms with E-state index in [0.29, 0.717) is 10.7 Å². The minimum absolute atomic E-state index is 0.186.